The lowest BCUT2D eigenvalue weighted by molar-refractivity contribution is 1.17. The van der Waals surface area contributed by atoms with Crippen LogP contribution in [-0.4, -0.2) is 23.5 Å². The molecule has 0 spiro atoms. The highest BCUT2D eigenvalue weighted by Crippen LogP contribution is 2.48. The van der Waals surface area contributed by atoms with Gasteiger partial charge in [0.15, 0.2) is 5.65 Å². The van der Waals surface area contributed by atoms with E-state index in [2.05, 4.69) is 135 Å². The Morgan fingerprint density at radius 1 is 0.419 bits per heavy atom. The number of hydrogen-bond acceptors (Lipinski definition) is 2. The number of benzene rings is 5. The first-order valence-electron chi connectivity index (χ1n) is 14.5. The van der Waals surface area contributed by atoms with Gasteiger partial charge >= 0.3 is 0 Å². The minimum absolute atomic E-state index is 0.857. The molecule has 5 nitrogen and oxygen atoms in total. The van der Waals surface area contributed by atoms with E-state index in [0.29, 0.717) is 0 Å². The van der Waals surface area contributed by atoms with Gasteiger partial charge in [0.25, 0.3) is 0 Å². The van der Waals surface area contributed by atoms with E-state index in [9.17, 15) is 0 Å². The van der Waals surface area contributed by atoms with E-state index in [0.717, 1.165) is 38.8 Å². The molecule has 0 aliphatic carbocycles. The minimum atomic E-state index is 0.857. The van der Waals surface area contributed by atoms with E-state index in [-0.39, 0.29) is 0 Å². The number of para-hydroxylation sites is 4. The Balaban J connectivity index is 1.66. The molecule has 0 amide bonds. The highest BCUT2D eigenvalue weighted by Gasteiger charge is 2.27. The molecule has 5 heteroatoms. The summed E-state index contributed by atoms with van der Waals surface area (Å²) < 4.78 is 7.12. The van der Waals surface area contributed by atoms with Crippen LogP contribution in [0.1, 0.15) is 0 Å². The number of nitrogens with zero attached hydrogens (tertiary/aromatic N) is 5. The molecule has 43 heavy (non-hydrogen) atoms. The summed E-state index contributed by atoms with van der Waals surface area (Å²) in [6.45, 7) is 0. The Hall–Kier alpha value is -5.94. The molecule has 0 saturated heterocycles. The highest BCUT2D eigenvalue weighted by molar-refractivity contribution is 6.40. The van der Waals surface area contributed by atoms with Crippen LogP contribution >= 0.6 is 0 Å². The standard InChI is InChI=1S/C38H23N5/c1-3-12-24(13-4-1)42-29-19-9-7-16-26(29)31-32-27-17-8-10-20-30(27)43(25-14-5-2-6-15-25)37(32)36-33(35(31)42)28-18-11-21-39-34(28)38-40-22-23-41(36)38/h1-23H. The molecule has 0 N–H and O–H groups in total. The van der Waals surface area contributed by atoms with Crippen molar-refractivity contribution in [1.29, 1.82) is 0 Å². The summed E-state index contributed by atoms with van der Waals surface area (Å²) in [5.74, 6) is 0. The molecule has 200 valence electrons. The fourth-order valence-electron chi connectivity index (χ4n) is 7.30. The van der Waals surface area contributed by atoms with Crippen LogP contribution in [0, 0.1) is 0 Å². The average molecular weight is 550 g/mol. The van der Waals surface area contributed by atoms with Gasteiger partial charge in [-0.3, -0.25) is 9.38 Å². The van der Waals surface area contributed by atoms with Gasteiger partial charge in [0, 0.05) is 62.3 Å². The van der Waals surface area contributed by atoms with Crippen molar-refractivity contribution in [2.75, 3.05) is 0 Å². The predicted octanol–water partition coefficient (Wildman–Crippen LogP) is 9.23. The van der Waals surface area contributed by atoms with Crippen LogP contribution in [0.15, 0.2) is 140 Å². The van der Waals surface area contributed by atoms with E-state index < -0.39 is 0 Å². The fourth-order valence-corrected chi connectivity index (χ4v) is 7.30. The zero-order chi connectivity index (χ0) is 28.1. The van der Waals surface area contributed by atoms with Crippen LogP contribution in [-0.2, 0) is 0 Å². The van der Waals surface area contributed by atoms with Crippen molar-refractivity contribution in [3.63, 3.8) is 0 Å². The quantitative estimate of drug-likeness (QED) is 0.202. The molecule has 5 aromatic carbocycles. The number of imidazole rings is 1. The van der Waals surface area contributed by atoms with Crippen LogP contribution in [0.5, 0.6) is 0 Å². The maximum absolute atomic E-state index is 4.90. The Labute approximate surface area is 245 Å². The van der Waals surface area contributed by atoms with Gasteiger partial charge < -0.3 is 9.13 Å². The lowest BCUT2D eigenvalue weighted by atomic mass is 9.99. The summed E-state index contributed by atoms with van der Waals surface area (Å²) in [6, 6.07) is 43.3. The van der Waals surface area contributed by atoms with E-state index in [1.54, 1.807) is 0 Å². The largest absolute Gasteiger partial charge is 0.309 e. The van der Waals surface area contributed by atoms with Gasteiger partial charge in [-0.15, -0.1) is 0 Å². The summed E-state index contributed by atoms with van der Waals surface area (Å²) in [5.41, 5.74) is 9.83. The van der Waals surface area contributed by atoms with Gasteiger partial charge in [0.05, 0.1) is 27.6 Å². The number of fused-ring (bicyclic) bond motifs is 15. The highest BCUT2D eigenvalue weighted by atomic mass is 15.1. The zero-order valence-corrected chi connectivity index (χ0v) is 23.0. The van der Waals surface area contributed by atoms with E-state index in [1.807, 2.05) is 18.5 Å². The summed E-state index contributed by atoms with van der Waals surface area (Å²) in [7, 11) is 0. The summed E-state index contributed by atoms with van der Waals surface area (Å²) in [4.78, 5) is 9.75. The number of rotatable bonds is 2. The first-order chi connectivity index (χ1) is 21.4. The zero-order valence-electron chi connectivity index (χ0n) is 23.0. The van der Waals surface area contributed by atoms with Gasteiger partial charge in [-0.2, -0.15) is 0 Å². The molecule has 0 bridgehead atoms. The maximum atomic E-state index is 4.90. The second kappa shape index (κ2) is 8.30. The Bertz CT molecular complexity index is 2710. The van der Waals surface area contributed by atoms with Crippen LogP contribution in [0.2, 0.25) is 0 Å². The predicted molar refractivity (Wildman–Crippen MR) is 177 cm³/mol. The van der Waals surface area contributed by atoms with Crippen molar-refractivity contribution in [1.82, 2.24) is 23.5 Å². The normalized spacial score (nSPS) is 12.2. The third kappa shape index (κ3) is 2.85. The van der Waals surface area contributed by atoms with Crippen molar-refractivity contribution in [3.05, 3.63) is 140 Å². The van der Waals surface area contributed by atoms with Gasteiger partial charge in [0.2, 0.25) is 0 Å². The molecule has 0 fully saturated rings. The van der Waals surface area contributed by atoms with Gasteiger partial charge in [-0.1, -0.05) is 78.9 Å². The fraction of sp³-hybridized carbons (Fsp3) is 0. The Morgan fingerprint density at radius 2 is 0.977 bits per heavy atom. The SMILES string of the molecule is c1ccc(-n2c3ccccc3c3c4c5ccccc5n(-c5ccccc5)c4c4c(c5cccnc5c5nccn54)c32)cc1. The molecule has 10 rings (SSSR count). The molecule has 0 unspecified atom stereocenters. The van der Waals surface area contributed by atoms with Crippen LogP contribution in [0.4, 0.5) is 0 Å². The first kappa shape index (κ1) is 22.7. The summed E-state index contributed by atoms with van der Waals surface area (Å²) in [6.07, 6.45) is 5.84. The number of aromatic nitrogens is 5. The van der Waals surface area contributed by atoms with Crippen LogP contribution < -0.4 is 0 Å². The lowest BCUT2D eigenvalue weighted by Gasteiger charge is -2.16. The van der Waals surface area contributed by atoms with Gasteiger partial charge in [-0.05, 0) is 42.5 Å². The van der Waals surface area contributed by atoms with Crippen LogP contribution in [0.3, 0.4) is 0 Å². The van der Waals surface area contributed by atoms with E-state index >= 15 is 0 Å². The molecule has 10 aromatic rings. The maximum Gasteiger partial charge on any atom is 0.164 e. The lowest BCUT2D eigenvalue weighted by Crippen LogP contribution is -2.01. The molecule has 0 aliphatic heterocycles. The number of pyridine rings is 2. The van der Waals surface area contributed by atoms with Crippen LogP contribution in [0.25, 0.3) is 82.4 Å². The van der Waals surface area contributed by atoms with Gasteiger partial charge in [-0.25, -0.2) is 4.98 Å². The van der Waals surface area contributed by atoms with E-state index in [1.165, 1.54) is 43.6 Å². The molecule has 0 atom stereocenters. The van der Waals surface area contributed by atoms with Gasteiger partial charge in [0.1, 0.15) is 5.52 Å². The smallest absolute Gasteiger partial charge is 0.164 e. The third-order valence-electron chi connectivity index (χ3n) is 8.90. The molecule has 5 aromatic heterocycles. The molecule has 0 aliphatic rings. The van der Waals surface area contributed by atoms with Crippen molar-refractivity contribution < 1.29 is 0 Å². The van der Waals surface area contributed by atoms with E-state index in [4.69, 9.17) is 9.97 Å². The molecule has 0 radical (unpaired) electrons. The molecular formula is C38H23N5. The molecule has 5 heterocycles. The average Bonchev–Trinajstić information content (AvgIpc) is 3.78. The van der Waals surface area contributed by atoms with Crippen molar-refractivity contribution >= 4 is 71.1 Å². The first-order valence-corrected chi connectivity index (χ1v) is 14.5. The molecular weight excluding hydrogens is 526 g/mol. The monoisotopic (exact) mass is 549 g/mol. The van der Waals surface area contributed by atoms with Crippen molar-refractivity contribution in [2.45, 2.75) is 0 Å². The summed E-state index contributed by atoms with van der Waals surface area (Å²) in [5, 5.41) is 7.20. The Kier molecular flexibility index (Phi) is 4.39. The van der Waals surface area contributed by atoms with Crippen molar-refractivity contribution in [3.8, 4) is 11.4 Å². The number of hydrogen-bond donors (Lipinski definition) is 0. The minimum Gasteiger partial charge on any atom is -0.309 e. The topological polar surface area (TPSA) is 40.0 Å². The third-order valence-corrected chi connectivity index (χ3v) is 8.90. The molecule has 0 saturated carbocycles. The van der Waals surface area contributed by atoms with Crippen molar-refractivity contribution in [2.24, 2.45) is 0 Å². The second-order valence-corrected chi connectivity index (χ2v) is 11.1. The Morgan fingerprint density at radius 3 is 1.65 bits per heavy atom. The summed E-state index contributed by atoms with van der Waals surface area (Å²) >= 11 is 0. The second-order valence-electron chi connectivity index (χ2n) is 11.1.